The fourth-order valence-corrected chi connectivity index (χ4v) is 3.46. The Morgan fingerprint density at radius 1 is 1.09 bits per heavy atom. The molecule has 2 aromatic carbocycles. The molecule has 4 rings (SSSR count). The molecule has 0 aliphatic heterocycles. The summed E-state index contributed by atoms with van der Waals surface area (Å²) in [6.07, 6.45) is -1.76. The lowest BCUT2D eigenvalue weighted by Crippen LogP contribution is -2.21. The molecule has 2 amide bonds. The van der Waals surface area contributed by atoms with Crippen molar-refractivity contribution in [2.24, 2.45) is 7.05 Å². The van der Waals surface area contributed by atoms with E-state index in [4.69, 9.17) is 11.6 Å². The third-order valence-corrected chi connectivity index (χ3v) is 5.03. The van der Waals surface area contributed by atoms with Gasteiger partial charge in [0.05, 0.1) is 22.3 Å². The number of alkyl halides is 3. The number of anilines is 2. The molecule has 0 fully saturated rings. The van der Waals surface area contributed by atoms with E-state index in [-0.39, 0.29) is 5.69 Å². The number of nitrogens with zero attached hydrogens (tertiary/aromatic N) is 3. The molecule has 0 radical (unpaired) electrons. The van der Waals surface area contributed by atoms with Gasteiger partial charge < -0.3 is 10.6 Å². The molecule has 2 aromatic heterocycles. The molecular formula is C21H16ClF3N6O2. The van der Waals surface area contributed by atoms with Crippen LogP contribution in [0.1, 0.15) is 12.0 Å². The smallest absolute Gasteiger partial charge is 0.326 e. The molecule has 0 atom stereocenters. The predicted molar refractivity (Wildman–Crippen MR) is 117 cm³/mol. The van der Waals surface area contributed by atoms with Crippen LogP contribution in [0.15, 0.2) is 48.8 Å². The number of benzene rings is 2. The Balaban J connectivity index is 1.41. The van der Waals surface area contributed by atoms with Gasteiger partial charge in [-0.3, -0.25) is 19.4 Å². The van der Waals surface area contributed by atoms with Crippen LogP contribution in [0.3, 0.4) is 0 Å². The highest BCUT2D eigenvalue weighted by molar-refractivity contribution is 6.31. The van der Waals surface area contributed by atoms with Crippen molar-refractivity contribution in [2.75, 3.05) is 10.6 Å². The second kappa shape index (κ2) is 8.58. The summed E-state index contributed by atoms with van der Waals surface area (Å²) in [6.45, 7) is 0. The van der Waals surface area contributed by atoms with Crippen molar-refractivity contribution in [3.8, 4) is 11.3 Å². The molecule has 12 heteroatoms. The average Bonchev–Trinajstić information content (AvgIpc) is 3.34. The summed E-state index contributed by atoms with van der Waals surface area (Å²) < 4.78 is 40.5. The number of fused-ring (bicyclic) bond motifs is 1. The largest absolute Gasteiger partial charge is 0.417 e. The van der Waals surface area contributed by atoms with E-state index >= 15 is 0 Å². The van der Waals surface area contributed by atoms with Gasteiger partial charge in [0.15, 0.2) is 0 Å². The molecule has 3 N–H and O–H groups in total. The minimum Gasteiger partial charge on any atom is -0.326 e. The van der Waals surface area contributed by atoms with Crippen molar-refractivity contribution in [1.82, 2.24) is 20.0 Å². The highest BCUT2D eigenvalue weighted by Gasteiger charge is 2.33. The number of nitrogens with one attached hydrogen (secondary N) is 3. The molecule has 170 valence electrons. The fraction of sp³-hybridized carbons (Fsp3) is 0.143. The van der Waals surface area contributed by atoms with E-state index < -0.39 is 35.0 Å². The molecule has 0 unspecified atom stereocenters. The zero-order valence-electron chi connectivity index (χ0n) is 17.0. The highest BCUT2D eigenvalue weighted by Crippen LogP contribution is 2.36. The van der Waals surface area contributed by atoms with Crippen molar-refractivity contribution in [3.63, 3.8) is 0 Å². The number of amides is 2. The summed E-state index contributed by atoms with van der Waals surface area (Å²) in [6, 6.07) is 8.04. The lowest BCUT2D eigenvalue weighted by molar-refractivity contribution is -0.137. The number of carbonyl (C=O) groups is 2. The Morgan fingerprint density at radius 3 is 2.39 bits per heavy atom. The van der Waals surface area contributed by atoms with Gasteiger partial charge in [0.1, 0.15) is 12.1 Å². The van der Waals surface area contributed by atoms with E-state index in [9.17, 15) is 22.8 Å². The number of halogens is 4. The van der Waals surface area contributed by atoms with E-state index in [2.05, 4.69) is 25.9 Å². The molecule has 8 nitrogen and oxygen atoms in total. The quantitative estimate of drug-likeness (QED) is 0.366. The standard InChI is InChI=1S/C21H16ClF3N6O2/c1-31-10-11(9-26-31)20-14-4-2-13(7-17(14)29-30-20)28-19(33)8-18(32)27-12-3-5-16(22)15(6-12)21(23,24)25/h2-7,9-10H,8H2,1H3,(H,27,32)(H,28,33)(H,29,30). The number of aryl methyl sites for hydroxylation is 1. The summed E-state index contributed by atoms with van der Waals surface area (Å²) in [5.74, 6) is -1.41. The number of aromatic nitrogens is 4. The van der Waals surface area contributed by atoms with E-state index in [1.54, 1.807) is 36.1 Å². The summed E-state index contributed by atoms with van der Waals surface area (Å²) in [5, 5.41) is 16.5. The second-order valence-electron chi connectivity index (χ2n) is 7.20. The Morgan fingerprint density at radius 2 is 1.76 bits per heavy atom. The van der Waals surface area contributed by atoms with Gasteiger partial charge in [-0.2, -0.15) is 23.4 Å². The second-order valence-corrected chi connectivity index (χ2v) is 7.61. The Hall–Kier alpha value is -3.86. The number of rotatable bonds is 5. The van der Waals surface area contributed by atoms with Gasteiger partial charge in [-0.05, 0) is 36.4 Å². The monoisotopic (exact) mass is 476 g/mol. The van der Waals surface area contributed by atoms with Crippen LogP contribution in [-0.2, 0) is 22.8 Å². The Kier molecular flexibility index (Phi) is 5.81. The van der Waals surface area contributed by atoms with Crippen LogP contribution in [0.4, 0.5) is 24.5 Å². The van der Waals surface area contributed by atoms with E-state index in [1.807, 2.05) is 6.20 Å². The number of hydrogen-bond donors (Lipinski definition) is 3. The Labute approximate surface area is 189 Å². The van der Waals surface area contributed by atoms with Gasteiger partial charge in [0.2, 0.25) is 11.8 Å². The van der Waals surface area contributed by atoms with Gasteiger partial charge >= 0.3 is 6.18 Å². The van der Waals surface area contributed by atoms with Gasteiger partial charge in [0.25, 0.3) is 0 Å². The summed E-state index contributed by atoms with van der Waals surface area (Å²) in [7, 11) is 1.80. The SMILES string of the molecule is Cn1cc(-c2n[nH]c3cc(NC(=O)CC(=O)Nc4ccc(Cl)c(C(F)(F)F)c4)ccc23)cn1. The van der Waals surface area contributed by atoms with Crippen LogP contribution in [0.2, 0.25) is 5.02 Å². The summed E-state index contributed by atoms with van der Waals surface area (Å²) in [5.41, 5.74) is 1.42. The molecule has 0 saturated heterocycles. The minimum atomic E-state index is -4.67. The zero-order valence-corrected chi connectivity index (χ0v) is 17.8. The molecular weight excluding hydrogens is 461 g/mol. The lowest BCUT2D eigenvalue weighted by Gasteiger charge is -2.12. The van der Waals surface area contributed by atoms with E-state index in [0.717, 1.165) is 17.0 Å². The number of H-pyrrole nitrogens is 1. The maximum Gasteiger partial charge on any atom is 0.417 e. The van der Waals surface area contributed by atoms with E-state index in [0.29, 0.717) is 23.0 Å². The Bertz CT molecular complexity index is 1360. The molecule has 2 heterocycles. The van der Waals surface area contributed by atoms with Gasteiger partial charge in [-0.1, -0.05) is 11.6 Å². The minimum absolute atomic E-state index is 0.119. The topological polar surface area (TPSA) is 105 Å². The number of carbonyl (C=O) groups excluding carboxylic acids is 2. The molecule has 0 spiro atoms. The average molecular weight is 477 g/mol. The summed E-state index contributed by atoms with van der Waals surface area (Å²) in [4.78, 5) is 24.4. The van der Waals surface area contributed by atoms with Crippen LogP contribution in [0, 0.1) is 0 Å². The zero-order chi connectivity index (χ0) is 23.8. The summed E-state index contributed by atoms with van der Waals surface area (Å²) >= 11 is 5.56. The molecule has 0 aliphatic rings. The van der Waals surface area contributed by atoms with Gasteiger partial charge in [0, 0.05) is 35.6 Å². The first-order chi connectivity index (χ1) is 15.6. The molecule has 33 heavy (non-hydrogen) atoms. The highest BCUT2D eigenvalue weighted by atomic mass is 35.5. The molecule has 4 aromatic rings. The first kappa shape index (κ1) is 22.3. The van der Waals surface area contributed by atoms with Crippen LogP contribution >= 0.6 is 11.6 Å². The predicted octanol–water partition coefficient (Wildman–Crippen LogP) is 4.60. The number of aromatic amines is 1. The van der Waals surface area contributed by atoms with Gasteiger partial charge in [-0.15, -0.1) is 0 Å². The van der Waals surface area contributed by atoms with Gasteiger partial charge in [-0.25, -0.2) is 0 Å². The third kappa shape index (κ3) is 4.98. The lowest BCUT2D eigenvalue weighted by atomic mass is 10.1. The number of hydrogen-bond acceptors (Lipinski definition) is 4. The third-order valence-electron chi connectivity index (χ3n) is 4.70. The van der Waals surface area contributed by atoms with Crippen LogP contribution < -0.4 is 10.6 Å². The molecule has 0 saturated carbocycles. The van der Waals surface area contributed by atoms with Crippen molar-refractivity contribution in [2.45, 2.75) is 12.6 Å². The van der Waals surface area contributed by atoms with Crippen LogP contribution in [-0.4, -0.2) is 31.8 Å². The fourth-order valence-electron chi connectivity index (χ4n) is 3.24. The van der Waals surface area contributed by atoms with Crippen molar-refractivity contribution in [1.29, 1.82) is 0 Å². The van der Waals surface area contributed by atoms with E-state index in [1.165, 1.54) is 6.07 Å². The molecule has 0 bridgehead atoms. The first-order valence-electron chi connectivity index (χ1n) is 9.54. The van der Waals surface area contributed by atoms with Crippen molar-refractivity contribution < 1.29 is 22.8 Å². The maximum atomic E-state index is 13.0. The normalized spacial score (nSPS) is 11.5. The molecule has 0 aliphatic carbocycles. The van der Waals surface area contributed by atoms with Crippen LogP contribution in [0.25, 0.3) is 22.2 Å². The first-order valence-corrected chi connectivity index (χ1v) is 9.91. The van der Waals surface area contributed by atoms with Crippen molar-refractivity contribution in [3.05, 3.63) is 59.4 Å². The van der Waals surface area contributed by atoms with Crippen molar-refractivity contribution >= 4 is 45.7 Å². The maximum absolute atomic E-state index is 13.0. The van der Waals surface area contributed by atoms with Crippen LogP contribution in [0.5, 0.6) is 0 Å².